The Morgan fingerprint density at radius 2 is 1.63 bits per heavy atom. The Labute approximate surface area is 205 Å². The van der Waals surface area contributed by atoms with Crippen LogP contribution in [0, 0.1) is 5.82 Å². The molecule has 0 aliphatic rings. The van der Waals surface area contributed by atoms with Crippen LogP contribution >= 0.6 is 0 Å². The molecule has 0 aliphatic heterocycles. The van der Waals surface area contributed by atoms with Crippen LogP contribution in [0.1, 0.15) is 18.1 Å². The number of likely N-dealkylation sites (N-methyl/N-ethyl adjacent to an activating group) is 1. The molecule has 0 bridgehead atoms. The lowest BCUT2D eigenvalue weighted by atomic mass is 10.1. The smallest absolute Gasteiger partial charge is 0.242 e. The molecule has 2 aromatic carbocycles. The molecule has 1 atom stereocenters. The van der Waals surface area contributed by atoms with E-state index < -0.39 is 40.2 Å². The highest BCUT2D eigenvalue weighted by Gasteiger charge is 2.28. The van der Waals surface area contributed by atoms with Gasteiger partial charge in [0.05, 0.1) is 27.0 Å². The quantitative estimate of drug-likeness (QED) is 0.468. The van der Waals surface area contributed by atoms with Gasteiger partial charge in [-0.2, -0.15) is 4.31 Å². The van der Waals surface area contributed by atoms with Crippen molar-refractivity contribution >= 4 is 21.8 Å². The van der Waals surface area contributed by atoms with Crippen molar-refractivity contribution in [2.45, 2.75) is 25.9 Å². The van der Waals surface area contributed by atoms with Crippen molar-refractivity contribution in [1.29, 1.82) is 0 Å². The molecule has 0 fully saturated rings. The standard InChI is InChI=1S/C24H32FN3O6S/c1-17(24(30)26-13-12-18-8-11-21(33-3)22(14-18)34-4)28(15-19-6-9-20(25)10-7-19)23(29)16-27(2)35(5,31)32/h6-11,14,17H,12-13,15-16H2,1-5H3,(H,26,30). The molecule has 0 aliphatic carbocycles. The lowest BCUT2D eigenvalue weighted by Crippen LogP contribution is -2.50. The zero-order chi connectivity index (χ0) is 26.2. The van der Waals surface area contributed by atoms with Gasteiger partial charge in [0.25, 0.3) is 0 Å². The van der Waals surface area contributed by atoms with E-state index in [1.165, 1.54) is 36.2 Å². The summed E-state index contributed by atoms with van der Waals surface area (Å²) in [5.41, 5.74) is 1.52. The summed E-state index contributed by atoms with van der Waals surface area (Å²) in [5.74, 6) is -0.198. The van der Waals surface area contributed by atoms with E-state index in [0.717, 1.165) is 16.1 Å². The van der Waals surface area contributed by atoms with Gasteiger partial charge in [0, 0.05) is 20.1 Å². The number of halogens is 1. The molecule has 1 unspecified atom stereocenters. The zero-order valence-corrected chi connectivity index (χ0v) is 21.4. The average Bonchev–Trinajstić information content (AvgIpc) is 2.82. The maximum atomic E-state index is 13.3. The number of methoxy groups -OCH3 is 2. The Morgan fingerprint density at radius 1 is 1.03 bits per heavy atom. The van der Waals surface area contributed by atoms with Crippen molar-refractivity contribution in [3.05, 3.63) is 59.4 Å². The number of hydrogen-bond acceptors (Lipinski definition) is 6. The van der Waals surface area contributed by atoms with E-state index in [-0.39, 0.29) is 6.54 Å². The lowest BCUT2D eigenvalue weighted by Gasteiger charge is -2.30. The van der Waals surface area contributed by atoms with E-state index in [1.807, 2.05) is 12.1 Å². The molecule has 0 heterocycles. The average molecular weight is 510 g/mol. The SMILES string of the molecule is COc1ccc(CCNC(=O)C(C)N(Cc2ccc(F)cc2)C(=O)CN(C)S(C)(=O)=O)cc1OC. The van der Waals surface area contributed by atoms with E-state index >= 15 is 0 Å². The number of carbonyl (C=O) groups excluding carboxylic acids is 2. The van der Waals surface area contributed by atoms with Crippen LogP contribution in [-0.4, -0.2) is 76.1 Å². The Hall–Kier alpha value is -3.18. The van der Waals surface area contributed by atoms with Gasteiger partial charge in [-0.1, -0.05) is 18.2 Å². The summed E-state index contributed by atoms with van der Waals surface area (Å²) in [6.45, 7) is 1.46. The third kappa shape index (κ3) is 8.22. The molecule has 9 nitrogen and oxygen atoms in total. The van der Waals surface area contributed by atoms with Gasteiger partial charge in [-0.25, -0.2) is 12.8 Å². The Kier molecular flexibility index (Phi) is 10.0. The number of ether oxygens (including phenoxy) is 2. The Morgan fingerprint density at radius 3 is 2.20 bits per heavy atom. The van der Waals surface area contributed by atoms with Crippen molar-refractivity contribution in [2.75, 3.05) is 40.6 Å². The summed E-state index contributed by atoms with van der Waals surface area (Å²) in [6.07, 6.45) is 1.51. The summed E-state index contributed by atoms with van der Waals surface area (Å²) in [7, 11) is 0.782. The lowest BCUT2D eigenvalue weighted by molar-refractivity contribution is -0.140. The first kappa shape index (κ1) is 28.1. The van der Waals surface area contributed by atoms with E-state index in [1.54, 1.807) is 27.2 Å². The fourth-order valence-electron chi connectivity index (χ4n) is 3.28. The van der Waals surface area contributed by atoms with Gasteiger partial charge < -0.3 is 19.7 Å². The van der Waals surface area contributed by atoms with E-state index in [0.29, 0.717) is 30.0 Å². The van der Waals surface area contributed by atoms with Gasteiger partial charge in [0.1, 0.15) is 11.9 Å². The molecule has 1 N–H and O–H groups in total. The molecule has 192 valence electrons. The molecule has 0 saturated heterocycles. The molecular formula is C24H32FN3O6S. The number of amides is 2. The van der Waals surface area contributed by atoms with Crippen molar-refractivity contribution in [2.24, 2.45) is 0 Å². The molecule has 2 aromatic rings. The van der Waals surface area contributed by atoms with Crippen molar-refractivity contribution in [1.82, 2.24) is 14.5 Å². The number of carbonyl (C=O) groups is 2. The summed E-state index contributed by atoms with van der Waals surface area (Å²) < 4.78 is 48.3. The monoisotopic (exact) mass is 509 g/mol. The minimum absolute atomic E-state index is 0.0149. The predicted molar refractivity (Wildman–Crippen MR) is 130 cm³/mol. The van der Waals surface area contributed by atoms with Crippen LogP contribution in [-0.2, 0) is 32.6 Å². The largest absolute Gasteiger partial charge is 0.493 e. The van der Waals surface area contributed by atoms with Crippen LogP contribution in [0.2, 0.25) is 0 Å². The first-order valence-corrected chi connectivity index (χ1v) is 12.7. The fourth-order valence-corrected chi connectivity index (χ4v) is 3.63. The van der Waals surface area contributed by atoms with Crippen molar-refractivity contribution in [3.63, 3.8) is 0 Å². The highest BCUT2D eigenvalue weighted by atomic mass is 32.2. The summed E-state index contributed by atoms with van der Waals surface area (Å²) >= 11 is 0. The van der Waals surface area contributed by atoms with E-state index in [4.69, 9.17) is 9.47 Å². The van der Waals surface area contributed by atoms with Gasteiger partial charge in [-0.3, -0.25) is 9.59 Å². The van der Waals surface area contributed by atoms with Gasteiger partial charge in [-0.05, 0) is 48.7 Å². The van der Waals surface area contributed by atoms with Gasteiger partial charge >= 0.3 is 0 Å². The topological polar surface area (TPSA) is 105 Å². The zero-order valence-electron chi connectivity index (χ0n) is 20.6. The molecule has 0 spiro atoms. The van der Waals surface area contributed by atoms with Gasteiger partial charge in [0.15, 0.2) is 11.5 Å². The molecular weight excluding hydrogens is 477 g/mol. The van der Waals surface area contributed by atoms with Crippen LogP contribution in [0.3, 0.4) is 0 Å². The second kappa shape index (κ2) is 12.5. The molecule has 2 rings (SSSR count). The first-order chi connectivity index (χ1) is 16.5. The van der Waals surface area contributed by atoms with Gasteiger partial charge in [0.2, 0.25) is 21.8 Å². The van der Waals surface area contributed by atoms with Crippen LogP contribution < -0.4 is 14.8 Å². The molecule has 0 saturated carbocycles. The van der Waals surface area contributed by atoms with Crippen LogP contribution in [0.5, 0.6) is 11.5 Å². The van der Waals surface area contributed by atoms with E-state index in [9.17, 15) is 22.4 Å². The number of benzene rings is 2. The fraction of sp³-hybridized carbons (Fsp3) is 0.417. The molecule has 11 heteroatoms. The van der Waals surface area contributed by atoms with Crippen LogP contribution in [0.25, 0.3) is 0 Å². The minimum Gasteiger partial charge on any atom is -0.493 e. The van der Waals surface area contributed by atoms with Crippen molar-refractivity contribution < 1.29 is 31.9 Å². The Balaban J connectivity index is 2.10. The van der Waals surface area contributed by atoms with Gasteiger partial charge in [-0.15, -0.1) is 0 Å². The summed E-state index contributed by atoms with van der Waals surface area (Å²) in [4.78, 5) is 27.2. The second-order valence-electron chi connectivity index (χ2n) is 8.07. The highest BCUT2D eigenvalue weighted by molar-refractivity contribution is 7.88. The number of nitrogens with one attached hydrogen (secondary N) is 1. The van der Waals surface area contributed by atoms with Crippen LogP contribution in [0.4, 0.5) is 4.39 Å². The first-order valence-electron chi connectivity index (χ1n) is 10.9. The number of rotatable bonds is 12. The second-order valence-corrected chi connectivity index (χ2v) is 10.2. The number of nitrogens with zero attached hydrogens (tertiary/aromatic N) is 2. The predicted octanol–water partition coefficient (Wildman–Crippen LogP) is 1.81. The highest BCUT2D eigenvalue weighted by Crippen LogP contribution is 2.27. The molecule has 0 radical (unpaired) electrons. The molecule has 2 amide bonds. The summed E-state index contributed by atoms with van der Waals surface area (Å²) in [6, 6.07) is 10.1. The molecule has 35 heavy (non-hydrogen) atoms. The maximum Gasteiger partial charge on any atom is 0.242 e. The maximum absolute atomic E-state index is 13.3. The molecule has 0 aromatic heterocycles. The minimum atomic E-state index is -3.59. The normalized spacial score (nSPS) is 12.2. The van der Waals surface area contributed by atoms with E-state index in [2.05, 4.69) is 5.32 Å². The van der Waals surface area contributed by atoms with Crippen molar-refractivity contribution in [3.8, 4) is 11.5 Å². The third-order valence-corrected chi connectivity index (χ3v) is 6.78. The number of sulfonamides is 1. The number of hydrogen-bond donors (Lipinski definition) is 1. The summed E-state index contributed by atoms with van der Waals surface area (Å²) in [5, 5.41) is 2.81. The third-order valence-electron chi connectivity index (χ3n) is 5.52. The Bertz CT molecular complexity index is 1120. The van der Waals surface area contributed by atoms with Crippen LogP contribution in [0.15, 0.2) is 42.5 Å².